The van der Waals surface area contributed by atoms with E-state index in [2.05, 4.69) is 9.72 Å². The molecule has 0 spiro atoms. The Balaban J connectivity index is 2.00. The van der Waals surface area contributed by atoms with Crippen LogP contribution in [0.25, 0.3) is 11.0 Å². The Morgan fingerprint density at radius 1 is 1.00 bits per heavy atom. The van der Waals surface area contributed by atoms with Crippen LogP contribution in [0.15, 0.2) is 59.8 Å². The van der Waals surface area contributed by atoms with Gasteiger partial charge in [-0.2, -0.15) is 0 Å². The van der Waals surface area contributed by atoms with Gasteiger partial charge in [0.05, 0.1) is 15.9 Å². The van der Waals surface area contributed by atoms with Crippen LogP contribution in [0.4, 0.5) is 13.2 Å². The molecule has 1 aromatic heterocycles. The van der Waals surface area contributed by atoms with E-state index in [0.29, 0.717) is 11.0 Å². The van der Waals surface area contributed by atoms with Crippen molar-refractivity contribution in [3.8, 4) is 5.75 Å². The highest BCUT2D eigenvalue weighted by atomic mass is 32.2. The molecule has 3 rings (SSSR count). The van der Waals surface area contributed by atoms with Crippen molar-refractivity contribution in [3.63, 3.8) is 0 Å². The minimum Gasteiger partial charge on any atom is -0.406 e. The van der Waals surface area contributed by atoms with Crippen LogP contribution < -0.4 is 4.74 Å². The number of halogens is 3. The number of hydrogen-bond donors (Lipinski definition) is 0. The van der Waals surface area contributed by atoms with Gasteiger partial charge in [0.25, 0.3) is 10.0 Å². The maximum atomic E-state index is 12.6. The van der Waals surface area contributed by atoms with Crippen molar-refractivity contribution in [2.75, 3.05) is 0 Å². The molecule has 2 aromatic carbocycles. The van der Waals surface area contributed by atoms with Crippen LogP contribution >= 0.6 is 0 Å². The van der Waals surface area contributed by atoms with E-state index in [4.69, 9.17) is 0 Å². The average Bonchev–Trinajstić information content (AvgIpc) is 2.90. The number of hydrogen-bond acceptors (Lipinski definition) is 4. The Bertz CT molecular complexity index is 947. The van der Waals surface area contributed by atoms with Crippen LogP contribution in [-0.4, -0.2) is 23.7 Å². The Morgan fingerprint density at radius 2 is 1.65 bits per heavy atom. The van der Waals surface area contributed by atoms with Crippen LogP contribution in [0.5, 0.6) is 5.75 Å². The average molecular weight is 342 g/mol. The molecule has 0 fully saturated rings. The van der Waals surface area contributed by atoms with Crippen molar-refractivity contribution in [1.29, 1.82) is 0 Å². The van der Waals surface area contributed by atoms with Crippen molar-refractivity contribution >= 4 is 21.1 Å². The second-order valence-electron chi connectivity index (χ2n) is 4.55. The number of benzene rings is 2. The highest BCUT2D eigenvalue weighted by Gasteiger charge is 2.31. The summed E-state index contributed by atoms with van der Waals surface area (Å²) in [5.74, 6) is -0.494. The van der Waals surface area contributed by atoms with Crippen molar-refractivity contribution in [2.45, 2.75) is 11.3 Å². The number of alkyl halides is 3. The van der Waals surface area contributed by atoms with Crippen molar-refractivity contribution in [2.24, 2.45) is 0 Å². The fourth-order valence-corrected chi connectivity index (χ4v) is 3.35. The molecular formula is C14H9F3N2O3S. The van der Waals surface area contributed by atoms with Crippen LogP contribution in [0.3, 0.4) is 0 Å². The molecule has 0 bridgehead atoms. The molecule has 120 valence electrons. The van der Waals surface area contributed by atoms with Gasteiger partial charge in [-0.1, -0.05) is 12.1 Å². The fourth-order valence-electron chi connectivity index (χ4n) is 2.05. The molecular weight excluding hydrogens is 333 g/mol. The van der Waals surface area contributed by atoms with Gasteiger partial charge in [-0.05, 0) is 36.4 Å². The monoisotopic (exact) mass is 342 g/mol. The summed E-state index contributed by atoms with van der Waals surface area (Å²) in [6.45, 7) is 0. The molecule has 0 saturated carbocycles. The van der Waals surface area contributed by atoms with E-state index < -0.39 is 22.1 Å². The first kappa shape index (κ1) is 15.3. The highest BCUT2D eigenvalue weighted by Crippen LogP contribution is 2.25. The topological polar surface area (TPSA) is 61.2 Å². The third-order valence-electron chi connectivity index (χ3n) is 3.03. The molecule has 0 radical (unpaired) electrons. The molecule has 3 aromatic rings. The second kappa shape index (κ2) is 5.27. The zero-order chi connectivity index (χ0) is 16.7. The van der Waals surface area contributed by atoms with Crippen LogP contribution in [-0.2, 0) is 10.0 Å². The van der Waals surface area contributed by atoms with Crippen molar-refractivity contribution in [3.05, 3.63) is 54.9 Å². The molecule has 0 N–H and O–H groups in total. The molecule has 0 atom stereocenters. The van der Waals surface area contributed by atoms with Gasteiger partial charge in [-0.25, -0.2) is 17.4 Å². The predicted molar refractivity (Wildman–Crippen MR) is 75.4 cm³/mol. The number of ether oxygens (including phenoxy) is 1. The zero-order valence-electron chi connectivity index (χ0n) is 11.4. The first-order valence-electron chi connectivity index (χ1n) is 6.31. The lowest BCUT2D eigenvalue weighted by molar-refractivity contribution is -0.274. The predicted octanol–water partition coefficient (Wildman–Crippen LogP) is 3.17. The van der Waals surface area contributed by atoms with Gasteiger partial charge in [0, 0.05) is 0 Å². The smallest absolute Gasteiger partial charge is 0.406 e. The summed E-state index contributed by atoms with van der Waals surface area (Å²) in [6, 6.07) is 10.6. The summed E-state index contributed by atoms with van der Waals surface area (Å²) in [5, 5.41) is 0. The van der Waals surface area contributed by atoms with E-state index in [-0.39, 0.29) is 4.90 Å². The van der Waals surface area contributed by atoms with Gasteiger partial charge in [-0.15, -0.1) is 13.2 Å². The number of para-hydroxylation sites is 2. The van der Waals surface area contributed by atoms with Gasteiger partial charge >= 0.3 is 6.36 Å². The summed E-state index contributed by atoms with van der Waals surface area (Å²) in [7, 11) is -3.97. The molecule has 0 saturated heterocycles. The van der Waals surface area contributed by atoms with Crippen LogP contribution in [0.1, 0.15) is 0 Å². The fraction of sp³-hybridized carbons (Fsp3) is 0.0714. The van der Waals surface area contributed by atoms with E-state index >= 15 is 0 Å². The Kier molecular flexibility index (Phi) is 3.52. The van der Waals surface area contributed by atoms with E-state index in [9.17, 15) is 21.6 Å². The number of imidazole rings is 1. The maximum absolute atomic E-state index is 12.6. The quantitative estimate of drug-likeness (QED) is 0.733. The maximum Gasteiger partial charge on any atom is 0.573 e. The third kappa shape index (κ3) is 3.00. The molecule has 1 heterocycles. The zero-order valence-corrected chi connectivity index (χ0v) is 12.2. The van der Waals surface area contributed by atoms with Gasteiger partial charge in [-0.3, -0.25) is 0 Å². The largest absolute Gasteiger partial charge is 0.573 e. The first-order valence-corrected chi connectivity index (χ1v) is 7.75. The summed E-state index contributed by atoms with van der Waals surface area (Å²) >= 11 is 0. The van der Waals surface area contributed by atoms with E-state index in [1.54, 1.807) is 24.3 Å². The Morgan fingerprint density at radius 3 is 2.30 bits per heavy atom. The number of nitrogens with zero attached hydrogens (tertiary/aromatic N) is 2. The van der Waals surface area contributed by atoms with Crippen LogP contribution in [0.2, 0.25) is 0 Å². The Labute approximate surface area is 129 Å². The number of aromatic nitrogens is 2. The van der Waals surface area contributed by atoms with Gasteiger partial charge < -0.3 is 4.74 Å². The molecule has 0 unspecified atom stereocenters. The lowest BCUT2D eigenvalue weighted by Crippen LogP contribution is -2.17. The summed E-state index contributed by atoms with van der Waals surface area (Å²) in [6.07, 6.45) is -3.68. The van der Waals surface area contributed by atoms with Crippen LogP contribution in [0, 0.1) is 0 Å². The van der Waals surface area contributed by atoms with E-state index in [1.165, 1.54) is 0 Å². The normalized spacial score (nSPS) is 12.5. The highest BCUT2D eigenvalue weighted by molar-refractivity contribution is 7.90. The first-order chi connectivity index (χ1) is 10.8. The van der Waals surface area contributed by atoms with Gasteiger partial charge in [0.2, 0.25) is 0 Å². The minimum absolute atomic E-state index is 0.171. The lowest BCUT2D eigenvalue weighted by Gasteiger charge is -2.10. The summed E-state index contributed by atoms with van der Waals surface area (Å²) in [5.41, 5.74) is 0.871. The van der Waals surface area contributed by atoms with E-state index in [0.717, 1.165) is 34.6 Å². The van der Waals surface area contributed by atoms with Crippen molar-refractivity contribution < 1.29 is 26.3 Å². The lowest BCUT2D eigenvalue weighted by atomic mass is 10.3. The third-order valence-corrected chi connectivity index (χ3v) is 4.71. The molecule has 0 aliphatic heterocycles. The summed E-state index contributed by atoms with van der Waals surface area (Å²) < 4.78 is 66.2. The van der Waals surface area contributed by atoms with Gasteiger partial charge in [0.15, 0.2) is 0 Å². The Hall–Kier alpha value is -2.55. The molecule has 5 nitrogen and oxygen atoms in total. The number of fused-ring (bicyclic) bond motifs is 1. The number of rotatable bonds is 3. The SMILES string of the molecule is O=S(=O)(c1ccc(OC(F)(F)F)cc1)n1cnc2ccccc21. The molecule has 0 aliphatic carbocycles. The van der Waals surface area contributed by atoms with E-state index in [1.807, 2.05) is 0 Å². The van der Waals surface area contributed by atoms with Gasteiger partial charge in [0.1, 0.15) is 12.1 Å². The standard InChI is InChI=1S/C14H9F3N2O3S/c15-14(16,17)22-10-5-7-11(8-6-10)23(20,21)19-9-18-12-3-1-2-4-13(12)19/h1-9H. The second-order valence-corrected chi connectivity index (χ2v) is 6.37. The molecule has 23 heavy (non-hydrogen) atoms. The minimum atomic E-state index is -4.83. The molecule has 0 amide bonds. The molecule has 9 heteroatoms. The molecule has 0 aliphatic rings. The van der Waals surface area contributed by atoms with Crippen molar-refractivity contribution in [1.82, 2.24) is 8.96 Å². The summed E-state index contributed by atoms with van der Waals surface area (Å²) in [4.78, 5) is 3.82.